The highest BCUT2D eigenvalue weighted by Crippen LogP contribution is 2.26. The van der Waals surface area contributed by atoms with E-state index < -0.39 is 0 Å². The first-order valence-electron chi connectivity index (χ1n) is 9.08. The fraction of sp³-hybridized carbons (Fsp3) is 0.579. The number of thioether (sulfide) groups is 1. The van der Waals surface area contributed by atoms with Gasteiger partial charge in [-0.15, -0.1) is 12.4 Å². The van der Waals surface area contributed by atoms with Gasteiger partial charge in [0.05, 0.1) is 0 Å². The van der Waals surface area contributed by atoms with Gasteiger partial charge in [-0.3, -0.25) is 9.59 Å². The number of nitrogens with two attached hydrogens (primary N) is 1. The van der Waals surface area contributed by atoms with Crippen LogP contribution in [0.5, 0.6) is 0 Å². The number of nitrogens with one attached hydrogen (secondary N) is 1. The zero-order valence-corrected chi connectivity index (χ0v) is 16.8. The van der Waals surface area contributed by atoms with E-state index in [2.05, 4.69) is 5.32 Å². The number of carbonyl (C=O) groups excluding carboxylic acids is 2. The van der Waals surface area contributed by atoms with Crippen molar-refractivity contribution >= 4 is 41.7 Å². The van der Waals surface area contributed by atoms with Crippen LogP contribution in [-0.4, -0.2) is 47.4 Å². The molecule has 2 aliphatic rings. The minimum atomic E-state index is -0.00434. The first-order chi connectivity index (χ1) is 12.0. The Kier molecular flexibility index (Phi) is 7.80. The minimum Gasteiger partial charge on any atom is -0.337 e. The minimum absolute atomic E-state index is 0. The van der Waals surface area contributed by atoms with E-state index in [9.17, 15) is 9.59 Å². The summed E-state index contributed by atoms with van der Waals surface area (Å²) in [5, 5.41) is 3.02. The fourth-order valence-corrected chi connectivity index (χ4v) is 4.49. The third-order valence-corrected chi connectivity index (χ3v) is 6.06. The molecule has 26 heavy (non-hydrogen) atoms. The summed E-state index contributed by atoms with van der Waals surface area (Å²) < 4.78 is 0. The van der Waals surface area contributed by atoms with E-state index >= 15 is 0 Å². The highest BCUT2D eigenvalue weighted by molar-refractivity contribution is 7.99. The summed E-state index contributed by atoms with van der Waals surface area (Å²) in [6.07, 6.45) is 3.69. The molecule has 2 unspecified atom stereocenters. The second-order valence-corrected chi connectivity index (χ2v) is 8.27. The van der Waals surface area contributed by atoms with Crippen LogP contribution >= 0.6 is 24.2 Å². The Morgan fingerprint density at radius 2 is 1.96 bits per heavy atom. The molecule has 7 heteroatoms. The second kappa shape index (κ2) is 9.62. The van der Waals surface area contributed by atoms with Crippen LogP contribution in [0, 0.1) is 12.8 Å². The summed E-state index contributed by atoms with van der Waals surface area (Å²) in [7, 11) is 0. The molecular formula is C19H28ClN3O2S. The number of halogens is 1. The second-order valence-electron chi connectivity index (χ2n) is 7.05. The van der Waals surface area contributed by atoms with Crippen molar-refractivity contribution in [2.45, 2.75) is 38.6 Å². The van der Waals surface area contributed by atoms with Gasteiger partial charge in [0.25, 0.3) is 5.91 Å². The largest absolute Gasteiger partial charge is 0.337 e. The topological polar surface area (TPSA) is 75.4 Å². The van der Waals surface area contributed by atoms with E-state index in [1.807, 2.05) is 41.8 Å². The van der Waals surface area contributed by atoms with Crippen LogP contribution in [0.1, 0.15) is 41.6 Å². The summed E-state index contributed by atoms with van der Waals surface area (Å²) >= 11 is 1.89. The molecule has 1 aromatic carbocycles. The molecule has 1 aliphatic carbocycles. The van der Waals surface area contributed by atoms with Gasteiger partial charge in [-0.25, -0.2) is 0 Å². The van der Waals surface area contributed by atoms with E-state index in [1.165, 1.54) is 0 Å². The Bertz CT molecular complexity index is 650. The maximum Gasteiger partial charge on any atom is 0.253 e. The molecule has 3 N–H and O–H groups in total. The predicted molar refractivity (Wildman–Crippen MR) is 110 cm³/mol. The number of amides is 2. The van der Waals surface area contributed by atoms with Crippen molar-refractivity contribution in [3.63, 3.8) is 0 Å². The molecule has 1 heterocycles. The maximum absolute atomic E-state index is 12.6. The average Bonchev–Trinajstić information content (AvgIpc) is 2.63. The van der Waals surface area contributed by atoms with Crippen molar-refractivity contribution in [2.75, 3.05) is 29.9 Å². The lowest BCUT2D eigenvalue weighted by molar-refractivity contribution is -0.120. The predicted octanol–water partition coefficient (Wildman–Crippen LogP) is 3.06. The lowest BCUT2D eigenvalue weighted by Gasteiger charge is -2.27. The summed E-state index contributed by atoms with van der Waals surface area (Å²) in [6, 6.07) is 5.68. The third-order valence-electron chi connectivity index (χ3n) is 5.12. The fourth-order valence-electron chi connectivity index (χ4n) is 3.59. The number of aryl methyl sites for hydroxylation is 1. The third kappa shape index (κ3) is 5.15. The van der Waals surface area contributed by atoms with E-state index in [4.69, 9.17) is 5.73 Å². The Morgan fingerprint density at radius 3 is 2.62 bits per heavy atom. The van der Waals surface area contributed by atoms with Gasteiger partial charge in [-0.1, -0.05) is 6.42 Å². The quantitative estimate of drug-likeness (QED) is 0.821. The van der Waals surface area contributed by atoms with Gasteiger partial charge in [0.1, 0.15) is 0 Å². The van der Waals surface area contributed by atoms with Crippen LogP contribution in [0.25, 0.3) is 0 Å². The number of nitrogens with zero attached hydrogens (tertiary/aromatic N) is 1. The molecule has 1 aliphatic heterocycles. The van der Waals surface area contributed by atoms with Crippen LogP contribution in [0.3, 0.4) is 0 Å². The molecule has 2 atom stereocenters. The van der Waals surface area contributed by atoms with Gasteiger partial charge < -0.3 is 16.0 Å². The van der Waals surface area contributed by atoms with E-state index in [0.29, 0.717) is 5.56 Å². The summed E-state index contributed by atoms with van der Waals surface area (Å²) in [6.45, 7) is 3.55. The molecule has 5 nitrogen and oxygen atoms in total. The molecule has 1 saturated heterocycles. The number of anilines is 1. The van der Waals surface area contributed by atoms with Crippen molar-refractivity contribution in [3.8, 4) is 0 Å². The monoisotopic (exact) mass is 397 g/mol. The van der Waals surface area contributed by atoms with Gasteiger partial charge in [0, 0.05) is 47.8 Å². The molecule has 0 bridgehead atoms. The van der Waals surface area contributed by atoms with Crippen LogP contribution in [0.2, 0.25) is 0 Å². The highest BCUT2D eigenvalue weighted by atomic mass is 35.5. The van der Waals surface area contributed by atoms with Gasteiger partial charge in [0.15, 0.2) is 0 Å². The number of benzene rings is 1. The number of carbonyl (C=O) groups is 2. The molecule has 1 saturated carbocycles. The van der Waals surface area contributed by atoms with Crippen LogP contribution in [-0.2, 0) is 4.79 Å². The van der Waals surface area contributed by atoms with Gasteiger partial charge in [-0.2, -0.15) is 11.8 Å². The molecule has 1 aromatic rings. The molecule has 144 valence electrons. The van der Waals surface area contributed by atoms with E-state index in [0.717, 1.165) is 61.5 Å². The van der Waals surface area contributed by atoms with Gasteiger partial charge >= 0.3 is 0 Å². The molecule has 3 rings (SSSR count). The smallest absolute Gasteiger partial charge is 0.253 e. The molecule has 0 aromatic heterocycles. The Balaban J connectivity index is 0.00000243. The zero-order chi connectivity index (χ0) is 17.8. The highest BCUT2D eigenvalue weighted by Gasteiger charge is 2.26. The Labute approximate surface area is 165 Å². The Morgan fingerprint density at radius 1 is 1.23 bits per heavy atom. The maximum atomic E-state index is 12.6. The lowest BCUT2D eigenvalue weighted by atomic mass is 9.85. The van der Waals surface area contributed by atoms with Crippen LogP contribution < -0.4 is 11.1 Å². The van der Waals surface area contributed by atoms with Crippen molar-refractivity contribution in [1.29, 1.82) is 0 Å². The number of hydrogen-bond donors (Lipinski definition) is 2. The first kappa shape index (κ1) is 21.1. The van der Waals surface area contributed by atoms with Gasteiger partial charge in [-0.05, 0) is 49.9 Å². The molecule has 2 amide bonds. The van der Waals surface area contributed by atoms with E-state index in [-0.39, 0.29) is 36.2 Å². The van der Waals surface area contributed by atoms with Gasteiger partial charge in [0.2, 0.25) is 5.91 Å². The van der Waals surface area contributed by atoms with Crippen LogP contribution in [0.15, 0.2) is 18.2 Å². The summed E-state index contributed by atoms with van der Waals surface area (Å²) in [4.78, 5) is 27.0. The SMILES string of the molecule is Cc1cc(C(=O)N2CCSCC2)ccc1NC(=O)C1CCCC(N)C1.Cl. The first-order valence-corrected chi connectivity index (χ1v) is 10.2. The molecule has 0 radical (unpaired) electrons. The molecule has 2 fully saturated rings. The number of hydrogen-bond acceptors (Lipinski definition) is 4. The summed E-state index contributed by atoms with van der Waals surface area (Å²) in [5.74, 6) is 2.13. The van der Waals surface area contributed by atoms with E-state index in [1.54, 1.807) is 0 Å². The van der Waals surface area contributed by atoms with Crippen molar-refractivity contribution < 1.29 is 9.59 Å². The average molecular weight is 398 g/mol. The normalized spacial score (nSPS) is 23.1. The molecular weight excluding hydrogens is 370 g/mol. The summed E-state index contributed by atoms with van der Waals surface area (Å²) in [5.41, 5.74) is 8.39. The van der Waals surface area contributed by atoms with Crippen molar-refractivity contribution in [2.24, 2.45) is 11.7 Å². The number of rotatable bonds is 3. The standard InChI is InChI=1S/C19H27N3O2S.ClH/c1-13-11-15(19(24)22-7-9-25-10-8-22)5-6-17(13)21-18(23)14-3-2-4-16(20)12-14;/h5-6,11,14,16H,2-4,7-10,12,20H2,1H3,(H,21,23);1H. The Hall–Kier alpha value is -1.24. The zero-order valence-electron chi connectivity index (χ0n) is 15.2. The molecule has 0 spiro atoms. The van der Waals surface area contributed by atoms with Crippen molar-refractivity contribution in [3.05, 3.63) is 29.3 Å². The van der Waals surface area contributed by atoms with Crippen molar-refractivity contribution in [1.82, 2.24) is 4.90 Å². The van der Waals surface area contributed by atoms with Crippen LogP contribution in [0.4, 0.5) is 5.69 Å². The lowest BCUT2D eigenvalue weighted by Crippen LogP contribution is -2.38.